The van der Waals surface area contributed by atoms with E-state index in [0.717, 1.165) is 11.3 Å². The quantitative estimate of drug-likeness (QED) is 0.662. The van der Waals surface area contributed by atoms with Gasteiger partial charge in [0.2, 0.25) is 0 Å². The summed E-state index contributed by atoms with van der Waals surface area (Å²) >= 11 is 0. The van der Waals surface area contributed by atoms with Crippen LogP contribution in [0.25, 0.3) is 0 Å². The van der Waals surface area contributed by atoms with Crippen LogP contribution in [0.4, 0.5) is 0 Å². The summed E-state index contributed by atoms with van der Waals surface area (Å²) in [7, 11) is 0. The molecular weight excluding hydrogens is 172 g/mol. The first kappa shape index (κ1) is 10.7. The van der Waals surface area contributed by atoms with E-state index in [1.807, 2.05) is 25.1 Å². The van der Waals surface area contributed by atoms with Gasteiger partial charge in [0.1, 0.15) is 5.75 Å². The van der Waals surface area contributed by atoms with Crippen LogP contribution in [0.1, 0.15) is 25.0 Å². The van der Waals surface area contributed by atoms with E-state index in [1.54, 1.807) is 0 Å². The molecule has 0 aliphatic carbocycles. The topological polar surface area (TPSA) is 9.23 Å². The second-order valence-corrected chi connectivity index (χ2v) is 3.85. The van der Waals surface area contributed by atoms with Crippen LogP contribution in [-0.4, -0.2) is 6.61 Å². The lowest BCUT2D eigenvalue weighted by Crippen LogP contribution is -2.05. The monoisotopic (exact) mass is 188 g/mol. The zero-order valence-corrected chi connectivity index (χ0v) is 9.00. The van der Waals surface area contributed by atoms with Crippen molar-refractivity contribution < 1.29 is 4.74 Å². The molecule has 0 amide bonds. The normalized spacial score (nSPS) is 9.93. The molecule has 0 aromatic heterocycles. The fourth-order valence-corrected chi connectivity index (χ4v) is 1.12. The highest BCUT2D eigenvalue weighted by Gasteiger charge is 2.02. The highest BCUT2D eigenvalue weighted by atomic mass is 16.5. The minimum Gasteiger partial charge on any atom is -0.492 e. The van der Waals surface area contributed by atoms with Gasteiger partial charge in [-0.25, -0.2) is 0 Å². The molecule has 0 aliphatic heterocycles. The molecule has 74 valence electrons. The summed E-state index contributed by atoms with van der Waals surface area (Å²) < 4.78 is 5.63. The Balaban J connectivity index is 2.84. The summed E-state index contributed by atoms with van der Waals surface area (Å²) in [5.41, 5.74) is 2.00. The van der Waals surface area contributed by atoms with E-state index in [1.165, 1.54) is 5.56 Å². The molecule has 0 N–H and O–H groups in total. The molecule has 0 aliphatic rings. The SMILES string of the molecule is C#Cc1ccc(C)cc1OCC(C)C. The first-order chi connectivity index (χ1) is 6.63. The molecule has 0 radical (unpaired) electrons. The number of terminal acetylenes is 1. The molecule has 0 bridgehead atoms. The summed E-state index contributed by atoms with van der Waals surface area (Å²) in [5, 5.41) is 0. The Hall–Kier alpha value is -1.42. The van der Waals surface area contributed by atoms with Gasteiger partial charge >= 0.3 is 0 Å². The maximum absolute atomic E-state index is 5.63. The third-order valence-corrected chi connectivity index (χ3v) is 1.86. The highest BCUT2D eigenvalue weighted by molar-refractivity contribution is 5.46. The van der Waals surface area contributed by atoms with Gasteiger partial charge in [-0.05, 0) is 30.5 Å². The fourth-order valence-electron chi connectivity index (χ4n) is 1.12. The van der Waals surface area contributed by atoms with Gasteiger partial charge in [-0.3, -0.25) is 0 Å². The summed E-state index contributed by atoms with van der Waals surface area (Å²) in [6.07, 6.45) is 5.38. The number of hydrogen-bond acceptors (Lipinski definition) is 1. The molecule has 0 spiro atoms. The minimum absolute atomic E-state index is 0.515. The number of ether oxygens (including phenoxy) is 1. The van der Waals surface area contributed by atoms with Crippen LogP contribution in [0.15, 0.2) is 18.2 Å². The van der Waals surface area contributed by atoms with Crippen LogP contribution in [0.5, 0.6) is 5.75 Å². The highest BCUT2D eigenvalue weighted by Crippen LogP contribution is 2.19. The lowest BCUT2D eigenvalue weighted by atomic mass is 10.1. The van der Waals surface area contributed by atoms with E-state index in [2.05, 4.69) is 19.8 Å². The molecule has 0 saturated carbocycles. The second-order valence-electron chi connectivity index (χ2n) is 3.85. The molecule has 0 atom stereocenters. The summed E-state index contributed by atoms with van der Waals surface area (Å²) in [6.45, 7) is 6.97. The van der Waals surface area contributed by atoms with Gasteiger partial charge in [0, 0.05) is 0 Å². The third-order valence-electron chi connectivity index (χ3n) is 1.86. The van der Waals surface area contributed by atoms with Crippen LogP contribution < -0.4 is 4.74 Å². The van der Waals surface area contributed by atoms with Crippen molar-refractivity contribution in [3.05, 3.63) is 29.3 Å². The van der Waals surface area contributed by atoms with E-state index in [-0.39, 0.29) is 0 Å². The molecule has 0 unspecified atom stereocenters. The lowest BCUT2D eigenvalue weighted by molar-refractivity contribution is 0.270. The third kappa shape index (κ3) is 2.81. The molecule has 0 heterocycles. The smallest absolute Gasteiger partial charge is 0.135 e. The maximum atomic E-state index is 5.63. The Bertz CT molecular complexity index is 345. The van der Waals surface area contributed by atoms with Crippen molar-refractivity contribution in [3.8, 4) is 18.1 Å². The summed E-state index contributed by atoms with van der Waals surface area (Å²) in [5.74, 6) is 3.96. The van der Waals surface area contributed by atoms with Crippen molar-refractivity contribution in [2.45, 2.75) is 20.8 Å². The van der Waals surface area contributed by atoms with E-state index in [9.17, 15) is 0 Å². The largest absolute Gasteiger partial charge is 0.492 e. The van der Waals surface area contributed by atoms with Crippen molar-refractivity contribution in [2.75, 3.05) is 6.61 Å². The van der Waals surface area contributed by atoms with Crippen molar-refractivity contribution >= 4 is 0 Å². The van der Waals surface area contributed by atoms with E-state index >= 15 is 0 Å². The molecule has 14 heavy (non-hydrogen) atoms. The average molecular weight is 188 g/mol. The Labute approximate surface area is 86.1 Å². The van der Waals surface area contributed by atoms with Gasteiger partial charge < -0.3 is 4.74 Å². The van der Waals surface area contributed by atoms with Crippen molar-refractivity contribution in [1.29, 1.82) is 0 Å². The van der Waals surface area contributed by atoms with Gasteiger partial charge in [-0.1, -0.05) is 25.8 Å². The van der Waals surface area contributed by atoms with Gasteiger partial charge in [0.15, 0.2) is 0 Å². The fraction of sp³-hybridized carbons (Fsp3) is 0.385. The maximum Gasteiger partial charge on any atom is 0.135 e. The first-order valence-electron chi connectivity index (χ1n) is 4.83. The Morgan fingerprint density at radius 2 is 2.14 bits per heavy atom. The molecule has 1 aromatic rings. The Morgan fingerprint density at radius 3 is 2.71 bits per heavy atom. The van der Waals surface area contributed by atoms with Crippen LogP contribution >= 0.6 is 0 Å². The number of rotatable bonds is 3. The van der Waals surface area contributed by atoms with Crippen molar-refractivity contribution in [3.63, 3.8) is 0 Å². The van der Waals surface area contributed by atoms with E-state index in [0.29, 0.717) is 12.5 Å². The summed E-state index contributed by atoms with van der Waals surface area (Å²) in [4.78, 5) is 0. The average Bonchev–Trinajstić information content (AvgIpc) is 2.15. The molecule has 1 rings (SSSR count). The van der Waals surface area contributed by atoms with E-state index < -0.39 is 0 Å². The van der Waals surface area contributed by atoms with Crippen molar-refractivity contribution in [2.24, 2.45) is 5.92 Å². The predicted octanol–water partition coefficient (Wildman–Crippen LogP) is 3.01. The van der Waals surface area contributed by atoms with E-state index in [4.69, 9.17) is 11.2 Å². The molecule has 1 aromatic carbocycles. The molecule has 0 fully saturated rings. The Morgan fingerprint density at radius 1 is 1.43 bits per heavy atom. The van der Waals surface area contributed by atoms with Crippen molar-refractivity contribution in [1.82, 2.24) is 0 Å². The first-order valence-corrected chi connectivity index (χ1v) is 4.83. The standard InChI is InChI=1S/C13H16O/c1-5-12-7-6-11(4)8-13(12)14-9-10(2)3/h1,6-8,10H,9H2,2-4H3. The molecular formula is C13H16O. The lowest BCUT2D eigenvalue weighted by Gasteiger charge is -2.10. The summed E-state index contributed by atoms with van der Waals surface area (Å²) in [6, 6.07) is 5.90. The van der Waals surface area contributed by atoms with Gasteiger partial charge in [-0.15, -0.1) is 6.42 Å². The van der Waals surface area contributed by atoms with Crippen LogP contribution in [0.3, 0.4) is 0 Å². The minimum atomic E-state index is 0.515. The van der Waals surface area contributed by atoms with Gasteiger partial charge in [0.25, 0.3) is 0 Å². The van der Waals surface area contributed by atoms with Crippen LogP contribution in [0, 0.1) is 25.2 Å². The van der Waals surface area contributed by atoms with Gasteiger partial charge in [-0.2, -0.15) is 0 Å². The second kappa shape index (κ2) is 4.72. The van der Waals surface area contributed by atoms with Crippen LogP contribution in [0.2, 0.25) is 0 Å². The molecule has 0 saturated heterocycles. The Kier molecular flexibility index (Phi) is 3.59. The number of hydrogen-bond donors (Lipinski definition) is 0. The zero-order valence-electron chi connectivity index (χ0n) is 9.00. The van der Waals surface area contributed by atoms with Gasteiger partial charge in [0.05, 0.1) is 12.2 Å². The predicted molar refractivity (Wildman–Crippen MR) is 59.4 cm³/mol. The number of aryl methyl sites for hydroxylation is 1. The number of benzene rings is 1. The molecule has 1 nitrogen and oxygen atoms in total. The zero-order chi connectivity index (χ0) is 10.6. The molecule has 1 heteroatoms. The van der Waals surface area contributed by atoms with Crippen LogP contribution in [-0.2, 0) is 0 Å².